The van der Waals surface area contributed by atoms with Gasteiger partial charge in [-0.25, -0.2) is 0 Å². The van der Waals surface area contributed by atoms with Gasteiger partial charge in [0.25, 0.3) is 11.8 Å². The number of hydrogen-bond acceptors (Lipinski definition) is 2. The standard InChI is InChI=1S/C4HClNO2/c5-2-1-3(7)6-4(2)8/h(H,6,7,8). The lowest BCUT2D eigenvalue weighted by Crippen LogP contribution is -2.21. The summed E-state index contributed by atoms with van der Waals surface area (Å²) in [5.74, 6) is -1.14. The van der Waals surface area contributed by atoms with Crippen LogP contribution in [-0.2, 0) is 9.59 Å². The van der Waals surface area contributed by atoms with E-state index >= 15 is 0 Å². The molecule has 3 nitrogen and oxygen atoms in total. The number of hydrogen-bond donors (Lipinski definition) is 1. The van der Waals surface area contributed by atoms with E-state index in [1.54, 1.807) is 0 Å². The normalized spacial score (nSPS) is 18.4. The topological polar surface area (TPSA) is 46.2 Å². The summed E-state index contributed by atoms with van der Waals surface area (Å²) < 4.78 is 0. The predicted octanol–water partition coefficient (Wildman–Crippen LogP) is -0.431. The Labute approximate surface area is 50.3 Å². The molecule has 8 heavy (non-hydrogen) atoms. The van der Waals surface area contributed by atoms with Gasteiger partial charge in [-0.2, -0.15) is 0 Å². The van der Waals surface area contributed by atoms with Crippen molar-refractivity contribution in [3.8, 4) is 0 Å². The average molecular weight is 131 g/mol. The molecule has 1 radical (unpaired) electrons. The second kappa shape index (κ2) is 1.59. The van der Waals surface area contributed by atoms with Crippen molar-refractivity contribution < 1.29 is 9.59 Å². The molecule has 0 saturated heterocycles. The summed E-state index contributed by atoms with van der Waals surface area (Å²) in [4.78, 5) is 20.3. The van der Waals surface area contributed by atoms with Crippen molar-refractivity contribution in [2.24, 2.45) is 0 Å². The van der Waals surface area contributed by atoms with E-state index in [0.29, 0.717) is 0 Å². The second-order valence-corrected chi connectivity index (χ2v) is 1.60. The molecule has 0 unspecified atom stereocenters. The van der Waals surface area contributed by atoms with Crippen LogP contribution in [0.25, 0.3) is 0 Å². The molecule has 0 saturated carbocycles. The molecule has 0 aromatic rings. The fourth-order valence-corrected chi connectivity index (χ4v) is 0.479. The Morgan fingerprint density at radius 1 is 1.50 bits per heavy atom. The van der Waals surface area contributed by atoms with Gasteiger partial charge >= 0.3 is 0 Å². The Kier molecular flexibility index (Phi) is 1.06. The molecular weight excluding hydrogens is 130 g/mol. The Hall–Kier alpha value is -0.830. The highest BCUT2D eigenvalue weighted by atomic mass is 35.5. The highest BCUT2D eigenvalue weighted by Crippen LogP contribution is 2.04. The highest BCUT2D eigenvalue weighted by molar-refractivity contribution is 6.46. The first-order chi connectivity index (χ1) is 3.70. The van der Waals surface area contributed by atoms with Crippen LogP contribution in [0.5, 0.6) is 0 Å². The molecule has 0 atom stereocenters. The van der Waals surface area contributed by atoms with Crippen molar-refractivity contribution in [2.45, 2.75) is 0 Å². The summed E-state index contributed by atoms with van der Waals surface area (Å²) in [7, 11) is 0. The third kappa shape index (κ3) is 0.721. The summed E-state index contributed by atoms with van der Waals surface area (Å²) in [5, 5.41) is 1.74. The molecule has 0 aromatic heterocycles. The largest absolute Gasteiger partial charge is 0.287 e. The highest BCUT2D eigenvalue weighted by Gasteiger charge is 2.18. The Morgan fingerprint density at radius 2 is 2.12 bits per heavy atom. The summed E-state index contributed by atoms with van der Waals surface area (Å²) in [5.41, 5.74) is 0. The van der Waals surface area contributed by atoms with Crippen molar-refractivity contribution in [1.29, 1.82) is 0 Å². The van der Waals surface area contributed by atoms with Crippen LogP contribution in [0, 0.1) is 6.08 Å². The summed E-state index contributed by atoms with van der Waals surface area (Å²) >= 11 is 5.13. The van der Waals surface area contributed by atoms with E-state index in [0.717, 1.165) is 0 Å². The minimum absolute atomic E-state index is 0.171. The van der Waals surface area contributed by atoms with E-state index in [-0.39, 0.29) is 5.03 Å². The molecule has 1 rings (SSSR count). The van der Waals surface area contributed by atoms with E-state index in [1.807, 2.05) is 11.4 Å². The summed E-state index contributed by atoms with van der Waals surface area (Å²) in [6.45, 7) is 0. The van der Waals surface area contributed by atoms with E-state index < -0.39 is 11.8 Å². The lowest BCUT2D eigenvalue weighted by atomic mass is 10.6. The van der Waals surface area contributed by atoms with E-state index in [4.69, 9.17) is 11.6 Å². The van der Waals surface area contributed by atoms with Crippen LogP contribution in [0.15, 0.2) is 5.03 Å². The van der Waals surface area contributed by atoms with Crippen LogP contribution < -0.4 is 5.32 Å². The van der Waals surface area contributed by atoms with E-state index in [2.05, 4.69) is 0 Å². The van der Waals surface area contributed by atoms with Gasteiger partial charge in [0.15, 0.2) is 0 Å². The lowest BCUT2D eigenvalue weighted by molar-refractivity contribution is -0.123. The predicted molar refractivity (Wildman–Crippen MR) is 25.8 cm³/mol. The van der Waals surface area contributed by atoms with Crippen molar-refractivity contribution in [3.05, 3.63) is 11.1 Å². The summed E-state index contributed by atoms with van der Waals surface area (Å²) in [6, 6.07) is 0. The zero-order chi connectivity index (χ0) is 6.15. The van der Waals surface area contributed by atoms with Gasteiger partial charge in [0.05, 0.1) is 6.08 Å². The number of halogens is 1. The number of imide groups is 1. The SMILES string of the molecule is O=C1[C]=C(Cl)C(=O)N1. The fraction of sp³-hybridized carbons (Fsp3) is 0. The Balaban J connectivity index is 2.88. The zero-order valence-electron chi connectivity index (χ0n) is 3.69. The van der Waals surface area contributed by atoms with Crippen LogP contribution in [-0.4, -0.2) is 11.8 Å². The van der Waals surface area contributed by atoms with Crippen LogP contribution in [0.2, 0.25) is 0 Å². The first-order valence-electron chi connectivity index (χ1n) is 1.85. The molecule has 4 heteroatoms. The first kappa shape index (κ1) is 5.31. The molecule has 0 aliphatic carbocycles. The lowest BCUT2D eigenvalue weighted by Gasteiger charge is -1.82. The smallest absolute Gasteiger partial charge is 0.270 e. The first-order valence-corrected chi connectivity index (χ1v) is 2.23. The Bertz CT molecular complexity index is 184. The van der Waals surface area contributed by atoms with Crippen molar-refractivity contribution in [3.63, 3.8) is 0 Å². The summed E-state index contributed by atoms with van der Waals surface area (Å²) in [6.07, 6.45) is 2.05. The molecule has 0 aromatic carbocycles. The van der Waals surface area contributed by atoms with Gasteiger partial charge in [-0.15, -0.1) is 0 Å². The Morgan fingerprint density at radius 3 is 2.25 bits per heavy atom. The second-order valence-electron chi connectivity index (χ2n) is 1.22. The molecule has 1 heterocycles. The fourth-order valence-electron chi connectivity index (χ4n) is 0.346. The number of amides is 2. The van der Waals surface area contributed by atoms with Gasteiger partial charge < -0.3 is 0 Å². The van der Waals surface area contributed by atoms with Crippen molar-refractivity contribution >= 4 is 23.4 Å². The van der Waals surface area contributed by atoms with Gasteiger partial charge in [-0.1, -0.05) is 11.6 Å². The van der Waals surface area contributed by atoms with Gasteiger partial charge in [0, 0.05) is 0 Å². The minimum Gasteiger partial charge on any atom is -0.287 e. The molecular formula is C4HClNO2. The van der Waals surface area contributed by atoms with E-state index in [1.165, 1.54) is 0 Å². The molecule has 1 N–H and O–H groups in total. The maximum Gasteiger partial charge on any atom is 0.270 e. The molecule has 1 aliphatic heterocycles. The van der Waals surface area contributed by atoms with Crippen LogP contribution in [0.3, 0.4) is 0 Å². The quantitative estimate of drug-likeness (QED) is 0.453. The molecule has 41 valence electrons. The van der Waals surface area contributed by atoms with Crippen LogP contribution >= 0.6 is 11.6 Å². The molecule has 2 amide bonds. The maximum absolute atomic E-state index is 10.2. The molecule has 0 fully saturated rings. The average Bonchev–Trinajstić information content (AvgIpc) is 1.85. The van der Waals surface area contributed by atoms with E-state index in [9.17, 15) is 9.59 Å². The number of carbonyl (C=O) groups is 2. The number of nitrogens with one attached hydrogen (secondary N) is 1. The maximum atomic E-state index is 10.2. The minimum atomic E-state index is -0.573. The third-order valence-electron chi connectivity index (χ3n) is 0.650. The molecule has 1 aliphatic rings. The van der Waals surface area contributed by atoms with Crippen LogP contribution in [0.4, 0.5) is 0 Å². The van der Waals surface area contributed by atoms with Gasteiger partial charge in [0.2, 0.25) is 0 Å². The number of carbonyl (C=O) groups excluding carboxylic acids is 2. The van der Waals surface area contributed by atoms with Gasteiger partial charge in [-0.3, -0.25) is 14.9 Å². The van der Waals surface area contributed by atoms with Crippen molar-refractivity contribution in [1.82, 2.24) is 5.32 Å². The van der Waals surface area contributed by atoms with Crippen LogP contribution in [0.1, 0.15) is 0 Å². The number of rotatable bonds is 0. The molecule has 0 spiro atoms. The van der Waals surface area contributed by atoms with Gasteiger partial charge in [0.1, 0.15) is 5.03 Å². The zero-order valence-corrected chi connectivity index (χ0v) is 4.45. The monoisotopic (exact) mass is 130 g/mol. The van der Waals surface area contributed by atoms with Crippen molar-refractivity contribution in [2.75, 3.05) is 0 Å². The molecule has 0 bridgehead atoms. The third-order valence-corrected chi connectivity index (χ3v) is 0.916. The van der Waals surface area contributed by atoms with Gasteiger partial charge in [-0.05, 0) is 0 Å².